The van der Waals surface area contributed by atoms with Crippen molar-refractivity contribution in [3.63, 3.8) is 0 Å². The Balaban J connectivity index is 1.87. The molecule has 1 unspecified atom stereocenters. The zero-order chi connectivity index (χ0) is 16.9. The number of aromatic nitrogens is 3. The number of hydrogen-bond acceptors (Lipinski definition) is 4. The third-order valence-corrected chi connectivity index (χ3v) is 3.95. The molecule has 0 saturated carbocycles. The Kier molecular flexibility index (Phi) is 4.86. The Morgan fingerprint density at radius 1 is 1.29 bits per heavy atom. The SMILES string of the molecule is CC(CCO)CNC(=O)c1cnn2c(-c3ccccc3)ccnc12. The lowest BCUT2D eigenvalue weighted by Gasteiger charge is -2.10. The second kappa shape index (κ2) is 7.23. The Morgan fingerprint density at radius 3 is 2.83 bits per heavy atom. The first-order valence-corrected chi connectivity index (χ1v) is 7.98. The molecule has 0 aliphatic rings. The Bertz CT molecular complexity index is 829. The van der Waals surface area contributed by atoms with E-state index in [1.165, 1.54) is 0 Å². The standard InChI is InChI=1S/C18H20N4O2/c1-13(8-10-23)11-20-18(24)15-12-21-22-16(7-9-19-17(15)22)14-5-3-2-4-6-14/h2-7,9,12-13,23H,8,10-11H2,1H3,(H,20,24). The maximum absolute atomic E-state index is 12.4. The topological polar surface area (TPSA) is 79.5 Å². The van der Waals surface area contributed by atoms with E-state index in [4.69, 9.17) is 5.11 Å². The normalized spacial score (nSPS) is 12.2. The molecule has 1 amide bonds. The van der Waals surface area contributed by atoms with Gasteiger partial charge in [0.15, 0.2) is 5.65 Å². The molecule has 2 aromatic heterocycles. The van der Waals surface area contributed by atoms with Crippen molar-refractivity contribution in [3.8, 4) is 11.3 Å². The van der Waals surface area contributed by atoms with Gasteiger partial charge in [-0.2, -0.15) is 5.10 Å². The summed E-state index contributed by atoms with van der Waals surface area (Å²) in [5.74, 6) is 0.0149. The van der Waals surface area contributed by atoms with Crippen molar-refractivity contribution in [1.29, 1.82) is 0 Å². The fourth-order valence-corrected chi connectivity index (χ4v) is 2.56. The van der Waals surface area contributed by atoms with Crippen molar-refractivity contribution in [2.75, 3.05) is 13.2 Å². The van der Waals surface area contributed by atoms with Crippen LogP contribution >= 0.6 is 0 Å². The molecule has 6 heteroatoms. The largest absolute Gasteiger partial charge is 0.396 e. The van der Waals surface area contributed by atoms with E-state index in [1.807, 2.05) is 43.3 Å². The summed E-state index contributed by atoms with van der Waals surface area (Å²) < 4.78 is 1.68. The summed E-state index contributed by atoms with van der Waals surface area (Å²) in [7, 11) is 0. The first-order chi connectivity index (χ1) is 11.7. The summed E-state index contributed by atoms with van der Waals surface area (Å²) in [5.41, 5.74) is 2.87. The highest BCUT2D eigenvalue weighted by Crippen LogP contribution is 2.20. The minimum atomic E-state index is -0.201. The number of nitrogens with zero attached hydrogens (tertiary/aromatic N) is 3. The zero-order valence-corrected chi connectivity index (χ0v) is 13.5. The molecule has 0 fully saturated rings. The average molecular weight is 324 g/mol. The molecule has 1 atom stereocenters. The molecular formula is C18H20N4O2. The van der Waals surface area contributed by atoms with E-state index in [2.05, 4.69) is 15.4 Å². The third kappa shape index (κ3) is 3.28. The van der Waals surface area contributed by atoms with Crippen molar-refractivity contribution >= 4 is 11.6 Å². The summed E-state index contributed by atoms with van der Waals surface area (Å²) in [6.45, 7) is 2.61. The molecule has 3 aromatic rings. The monoisotopic (exact) mass is 324 g/mol. The van der Waals surface area contributed by atoms with Gasteiger partial charge < -0.3 is 10.4 Å². The Labute approximate surface area is 140 Å². The molecule has 0 radical (unpaired) electrons. The number of nitrogens with one attached hydrogen (secondary N) is 1. The number of benzene rings is 1. The van der Waals surface area contributed by atoms with Crippen molar-refractivity contribution in [1.82, 2.24) is 19.9 Å². The lowest BCUT2D eigenvalue weighted by atomic mass is 10.1. The van der Waals surface area contributed by atoms with Crippen LogP contribution in [0.3, 0.4) is 0 Å². The summed E-state index contributed by atoms with van der Waals surface area (Å²) in [6, 6.07) is 11.7. The van der Waals surface area contributed by atoms with E-state index in [0.29, 0.717) is 24.2 Å². The van der Waals surface area contributed by atoms with Crippen LogP contribution in [0.5, 0.6) is 0 Å². The molecule has 3 rings (SSSR count). The molecule has 2 N–H and O–H groups in total. The van der Waals surface area contributed by atoms with Crippen LogP contribution in [0.15, 0.2) is 48.8 Å². The van der Waals surface area contributed by atoms with Crippen LogP contribution in [-0.2, 0) is 0 Å². The Hall–Kier alpha value is -2.73. The number of fused-ring (bicyclic) bond motifs is 1. The molecule has 2 heterocycles. The van der Waals surface area contributed by atoms with Crippen LogP contribution in [0.4, 0.5) is 0 Å². The highest BCUT2D eigenvalue weighted by Gasteiger charge is 2.16. The molecular weight excluding hydrogens is 304 g/mol. The predicted molar refractivity (Wildman–Crippen MR) is 91.6 cm³/mol. The van der Waals surface area contributed by atoms with Crippen LogP contribution in [-0.4, -0.2) is 38.8 Å². The molecule has 0 bridgehead atoms. The van der Waals surface area contributed by atoms with Crippen LogP contribution in [0.2, 0.25) is 0 Å². The van der Waals surface area contributed by atoms with Gasteiger partial charge in [0.25, 0.3) is 5.91 Å². The summed E-state index contributed by atoms with van der Waals surface area (Å²) in [6.07, 6.45) is 3.89. The van der Waals surface area contributed by atoms with Gasteiger partial charge in [0.2, 0.25) is 0 Å². The maximum atomic E-state index is 12.4. The number of carbonyl (C=O) groups excluding carboxylic acids is 1. The molecule has 0 aliphatic heterocycles. The zero-order valence-electron chi connectivity index (χ0n) is 13.5. The van der Waals surface area contributed by atoms with Crippen LogP contribution < -0.4 is 5.32 Å². The van der Waals surface area contributed by atoms with Crippen molar-refractivity contribution in [3.05, 3.63) is 54.4 Å². The van der Waals surface area contributed by atoms with Gasteiger partial charge in [0, 0.05) is 24.9 Å². The summed E-state index contributed by atoms with van der Waals surface area (Å²) in [4.78, 5) is 16.7. The van der Waals surface area contributed by atoms with E-state index in [1.54, 1.807) is 16.9 Å². The predicted octanol–water partition coefficient (Wildman–Crippen LogP) is 2.14. The van der Waals surface area contributed by atoms with Gasteiger partial charge in [-0.3, -0.25) is 4.79 Å². The highest BCUT2D eigenvalue weighted by molar-refractivity contribution is 5.99. The van der Waals surface area contributed by atoms with Crippen molar-refractivity contribution in [2.45, 2.75) is 13.3 Å². The minimum Gasteiger partial charge on any atom is -0.396 e. The van der Waals surface area contributed by atoms with Gasteiger partial charge in [-0.25, -0.2) is 9.50 Å². The number of hydrogen-bond donors (Lipinski definition) is 2. The lowest BCUT2D eigenvalue weighted by molar-refractivity contribution is 0.0947. The van der Waals surface area contributed by atoms with Crippen LogP contribution in [0.25, 0.3) is 16.9 Å². The first kappa shape index (κ1) is 16.1. The number of aliphatic hydroxyl groups is 1. The van der Waals surface area contributed by atoms with E-state index in [0.717, 1.165) is 11.3 Å². The van der Waals surface area contributed by atoms with E-state index in [-0.39, 0.29) is 18.4 Å². The fraction of sp³-hybridized carbons (Fsp3) is 0.278. The minimum absolute atomic E-state index is 0.121. The number of rotatable bonds is 6. The fourth-order valence-electron chi connectivity index (χ4n) is 2.56. The third-order valence-electron chi connectivity index (χ3n) is 3.95. The number of carbonyl (C=O) groups is 1. The Morgan fingerprint density at radius 2 is 2.08 bits per heavy atom. The molecule has 6 nitrogen and oxygen atoms in total. The first-order valence-electron chi connectivity index (χ1n) is 7.98. The van der Waals surface area contributed by atoms with Crippen molar-refractivity contribution < 1.29 is 9.90 Å². The highest BCUT2D eigenvalue weighted by atomic mass is 16.3. The molecule has 1 aromatic carbocycles. The van der Waals surface area contributed by atoms with Gasteiger partial charge in [-0.15, -0.1) is 0 Å². The van der Waals surface area contributed by atoms with E-state index in [9.17, 15) is 4.79 Å². The van der Waals surface area contributed by atoms with Gasteiger partial charge in [-0.05, 0) is 18.4 Å². The van der Waals surface area contributed by atoms with Gasteiger partial charge in [0.1, 0.15) is 5.56 Å². The summed E-state index contributed by atoms with van der Waals surface area (Å²) in [5, 5.41) is 16.1. The van der Waals surface area contributed by atoms with E-state index < -0.39 is 0 Å². The van der Waals surface area contributed by atoms with E-state index >= 15 is 0 Å². The van der Waals surface area contributed by atoms with Crippen LogP contribution in [0.1, 0.15) is 23.7 Å². The molecule has 124 valence electrons. The van der Waals surface area contributed by atoms with Crippen LogP contribution in [0, 0.1) is 5.92 Å². The number of aliphatic hydroxyl groups excluding tert-OH is 1. The lowest BCUT2D eigenvalue weighted by Crippen LogP contribution is -2.28. The van der Waals surface area contributed by atoms with Gasteiger partial charge in [-0.1, -0.05) is 37.3 Å². The smallest absolute Gasteiger partial charge is 0.256 e. The van der Waals surface area contributed by atoms with Crippen molar-refractivity contribution in [2.24, 2.45) is 5.92 Å². The molecule has 24 heavy (non-hydrogen) atoms. The molecule has 0 aliphatic carbocycles. The number of amides is 1. The second-order valence-electron chi connectivity index (χ2n) is 5.82. The average Bonchev–Trinajstić information content (AvgIpc) is 3.05. The second-order valence-corrected chi connectivity index (χ2v) is 5.82. The molecule has 0 saturated heterocycles. The quantitative estimate of drug-likeness (QED) is 0.728. The maximum Gasteiger partial charge on any atom is 0.256 e. The molecule has 0 spiro atoms. The van der Waals surface area contributed by atoms with Gasteiger partial charge in [0.05, 0.1) is 11.9 Å². The van der Waals surface area contributed by atoms with Gasteiger partial charge >= 0.3 is 0 Å². The summed E-state index contributed by atoms with van der Waals surface area (Å²) >= 11 is 0.